The van der Waals surface area contributed by atoms with Gasteiger partial charge in [-0.25, -0.2) is 9.67 Å². The van der Waals surface area contributed by atoms with E-state index in [1.165, 1.54) is 16.0 Å². The zero-order valence-electron chi connectivity index (χ0n) is 15.2. The van der Waals surface area contributed by atoms with Gasteiger partial charge < -0.3 is 4.74 Å². The van der Waals surface area contributed by atoms with Gasteiger partial charge in [-0.3, -0.25) is 9.59 Å². The maximum Gasteiger partial charge on any atom is 0.312 e. The lowest BCUT2D eigenvalue weighted by molar-refractivity contribution is -0.144. The van der Waals surface area contributed by atoms with Crippen LogP contribution in [-0.4, -0.2) is 20.7 Å². The molecule has 28 heavy (non-hydrogen) atoms. The number of hydrogen-bond donors (Lipinski definition) is 0. The Kier molecular flexibility index (Phi) is 4.99. The van der Waals surface area contributed by atoms with E-state index in [0.29, 0.717) is 22.2 Å². The monoisotopic (exact) mass is 391 g/mol. The van der Waals surface area contributed by atoms with Gasteiger partial charge in [-0.05, 0) is 6.07 Å². The molecule has 0 aliphatic rings. The second-order valence-electron chi connectivity index (χ2n) is 6.27. The predicted octanol–water partition coefficient (Wildman–Crippen LogP) is 3.34. The summed E-state index contributed by atoms with van der Waals surface area (Å²) in [5.74, 6) is -0.412. The number of nitrogens with zero attached hydrogens (tertiary/aromatic N) is 3. The molecule has 0 saturated carbocycles. The molecule has 0 saturated heterocycles. The van der Waals surface area contributed by atoms with Gasteiger partial charge in [0.25, 0.3) is 5.56 Å². The van der Waals surface area contributed by atoms with Crippen molar-refractivity contribution >= 4 is 28.1 Å². The zero-order chi connectivity index (χ0) is 19.5. The number of rotatable bonds is 5. The molecule has 2 aromatic heterocycles. The molecule has 140 valence electrons. The Balaban J connectivity index is 1.46. The smallest absolute Gasteiger partial charge is 0.312 e. The van der Waals surface area contributed by atoms with Crippen molar-refractivity contribution in [3.63, 3.8) is 0 Å². The first-order valence-electron chi connectivity index (χ1n) is 8.72. The van der Waals surface area contributed by atoms with Crippen molar-refractivity contribution in [3.05, 3.63) is 81.7 Å². The molecular formula is C21H17N3O3S. The van der Waals surface area contributed by atoms with Crippen LogP contribution in [0.1, 0.15) is 11.4 Å². The first-order chi connectivity index (χ1) is 13.6. The van der Waals surface area contributed by atoms with Crippen LogP contribution in [-0.2, 0) is 29.6 Å². The summed E-state index contributed by atoms with van der Waals surface area (Å²) >= 11 is 1.51. The molecule has 0 radical (unpaired) electrons. The van der Waals surface area contributed by atoms with Gasteiger partial charge in [0.05, 0.1) is 23.2 Å². The van der Waals surface area contributed by atoms with Gasteiger partial charge in [0, 0.05) is 23.4 Å². The minimum atomic E-state index is -0.412. The standard InChI is InChI=1S/C21H17N3O3S/c1-24-21(26)17-10-6-5-9-16(17)18(23-24)11-19(25)27-12-15-13-28-20(22-15)14-7-3-2-4-8-14/h2-10,13H,11-12H2,1H3. The van der Waals surface area contributed by atoms with Crippen LogP contribution >= 0.6 is 11.3 Å². The average Bonchev–Trinajstić information content (AvgIpc) is 3.20. The van der Waals surface area contributed by atoms with E-state index >= 15 is 0 Å². The average molecular weight is 391 g/mol. The third-order valence-corrected chi connectivity index (χ3v) is 5.24. The predicted molar refractivity (Wildman–Crippen MR) is 108 cm³/mol. The SMILES string of the molecule is Cn1nc(CC(=O)OCc2csc(-c3ccccc3)n2)c2ccccc2c1=O. The largest absolute Gasteiger partial charge is 0.459 e. The van der Waals surface area contributed by atoms with E-state index in [-0.39, 0.29) is 18.6 Å². The highest BCUT2D eigenvalue weighted by Crippen LogP contribution is 2.23. The minimum absolute atomic E-state index is 0.00961. The van der Waals surface area contributed by atoms with Crippen molar-refractivity contribution in [3.8, 4) is 10.6 Å². The van der Waals surface area contributed by atoms with Crippen LogP contribution in [0.15, 0.2) is 64.8 Å². The van der Waals surface area contributed by atoms with Crippen molar-refractivity contribution in [2.45, 2.75) is 13.0 Å². The van der Waals surface area contributed by atoms with E-state index in [2.05, 4.69) is 10.1 Å². The fraction of sp³-hybridized carbons (Fsp3) is 0.143. The number of thiazole rings is 1. The number of fused-ring (bicyclic) bond motifs is 1. The summed E-state index contributed by atoms with van der Waals surface area (Å²) in [6, 6.07) is 17.0. The van der Waals surface area contributed by atoms with Gasteiger partial charge in [0.2, 0.25) is 0 Å². The van der Waals surface area contributed by atoms with Crippen LogP contribution in [0, 0.1) is 0 Å². The number of hydrogen-bond acceptors (Lipinski definition) is 6. The molecule has 0 atom stereocenters. The molecule has 0 aliphatic heterocycles. The van der Waals surface area contributed by atoms with Crippen molar-refractivity contribution in [1.82, 2.24) is 14.8 Å². The Morgan fingerprint density at radius 2 is 1.79 bits per heavy atom. The van der Waals surface area contributed by atoms with E-state index < -0.39 is 5.97 Å². The number of carbonyl (C=O) groups is 1. The summed E-state index contributed by atoms with van der Waals surface area (Å²) in [7, 11) is 1.57. The lowest BCUT2D eigenvalue weighted by Crippen LogP contribution is -2.22. The van der Waals surface area contributed by atoms with Crippen molar-refractivity contribution in [1.29, 1.82) is 0 Å². The van der Waals surface area contributed by atoms with Crippen LogP contribution in [0.25, 0.3) is 21.3 Å². The molecular weight excluding hydrogens is 374 g/mol. The molecule has 0 aliphatic carbocycles. The highest BCUT2D eigenvalue weighted by Gasteiger charge is 2.14. The molecule has 0 unspecified atom stereocenters. The summed E-state index contributed by atoms with van der Waals surface area (Å²) in [6.45, 7) is 0.103. The Hall–Kier alpha value is -3.32. The van der Waals surface area contributed by atoms with Gasteiger partial charge in [0.1, 0.15) is 11.6 Å². The van der Waals surface area contributed by atoms with E-state index in [4.69, 9.17) is 4.74 Å². The molecule has 2 aromatic carbocycles. The Bertz CT molecular complexity index is 1200. The maximum absolute atomic E-state index is 12.3. The first kappa shape index (κ1) is 18.1. The van der Waals surface area contributed by atoms with Crippen LogP contribution in [0.3, 0.4) is 0 Å². The molecule has 7 heteroatoms. The number of esters is 1. The van der Waals surface area contributed by atoms with Crippen molar-refractivity contribution in [2.24, 2.45) is 7.05 Å². The van der Waals surface area contributed by atoms with Crippen LogP contribution < -0.4 is 5.56 Å². The number of aryl methyl sites for hydroxylation is 1. The van der Waals surface area contributed by atoms with Gasteiger partial charge in [0.15, 0.2) is 0 Å². The fourth-order valence-corrected chi connectivity index (χ4v) is 3.75. The lowest BCUT2D eigenvalue weighted by Gasteiger charge is -2.08. The summed E-state index contributed by atoms with van der Waals surface area (Å²) in [5, 5.41) is 8.21. The van der Waals surface area contributed by atoms with Gasteiger partial charge in [-0.1, -0.05) is 48.5 Å². The minimum Gasteiger partial charge on any atom is -0.459 e. The zero-order valence-corrected chi connectivity index (χ0v) is 16.0. The summed E-state index contributed by atoms with van der Waals surface area (Å²) in [4.78, 5) is 29.0. The van der Waals surface area contributed by atoms with Crippen LogP contribution in [0.4, 0.5) is 0 Å². The molecule has 6 nitrogen and oxygen atoms in total. The number of aromatic nitrogens is 3. The lowest BCUT2D eigenvalue weighted by atomic mass is 10.1. The summed E-state index contributed by atoms with van der Waals surface area (Å²) in [6.07, 6.45) is -0.00961. The quantitative estimate of drug-likeness (QED) is 0.488. The Labute approximate surface area is 165 Å². The summed E-state index contributed by atoms with van der Waals surface area (Å²) in [5.41, 5.74) is 2.07. The van der Waals surface area contributed by atoms with E-state index in [1.54, 1.807) is 25.2 Å². The van der Waals surface area contributed by atoms with Gasteiger partial charge in [-0.2, -0.15) is 5.10 Å². The molecule has 0 fully saturated rings. The molecule has 0 N–H and O–H groups in total. The van der Waals surface area contributed by atoms with Crippen molar-refractivity contribution in [2.75, 3.05) is 0 Å². The Morgan fingerprint density at radius 3 is 2.57 bits per heavy atom. The van der Waals surface area contributed by atoms with Crippen molar-refractivity contribution < 1.29 is 9.53 Å². The molecule has 0 spiro atoms. The van der Waals surface area contributed by atoms with E-state index in [1.807, 2.05) is 41.8 Å². The van der Waals surface area contributed by atoms with E-state index in [0.717, 1.165) is 10.6 Å². The first-order valence-corrected chi connectivity index (χ1v) is 9.60. The molecule has 4 aromatic rings. The topological polar surface area (TPSA) is 74.1 Å². The third-order valence-electron chi connectivity index (χ3n) is 4.30. The van der Waals surface area contributed by atoms with Crippen LogP contribution in [0.5, 0.6) is 0 Å². The number of benzene rings is 2. The second-order valence-corrected chi connectivity index (χ2v) is 7.13. The maximum atomic E-state index is 12.3. The molecule has 0 amide bonds. The highest BCUT2D eigenvalue weighted by atomic mass is 32.1. The van der Waals surface area contributed by atoms with E-state index in [9.17, 15) is 9.59 Å². The van der Waals surface area contributed by atoms with Gasteiger partial charge in [-0.15, -0.1) is 11.3 Å². The third kappa shape index (κ3) is 3.70. The van der Waals surface area contributed by atoms with Crippen LogP contribution in [0.2, 0.25) is 0 Å². The fourth-order valence-electron chi connectivity index (χ4n) is 2.94. The number of carbonyl (C=O) groups excluding carboxylic acids is 1. The summed E-state index contributed by atoms with van der Waals surface area (Å²) < 4.78 is 6.63. The number of ether oxygens (including phenoxy) is 1. The second kappa shape index (κ2) is 7.74. The van der Waals surface area contributed by atoms with Gasteiger partial charge >= 0.3 is 5.97 Å². The molecule has 0 bridgehead atoms. The molecule has 2 heterocycles. The highest BCUT2D eigenvalue weighted by molar-refractivity contribution is 7.13. The Morgan fingerprint density at radius 1 is 1.07 bits per heavy atom. The molecule has 4 rings (SSSR count). The normalized spacial score (nSPS) is 10.9.